The molecule has 1 aromatic carbocycles. The molecule has 0 fully saturated rings. The largest absolute Gasteiger partial charge is 0.508 e. The molecule has 0 spiro atoms. The highest BCUT2D eigenvalue weighted by molar-refractivity contribution is 5.95. The number of carboxylic acid groups (broad SMARTS) is 1. The Labute approximate surface area is 205 Å². The average molecular weight is 511 g/mol. The predicted octanol–water partition coefficient (Wildman–Crippen LogP) is -4.07. The summed E-state index contributed by atoms with van der Waals surface area (Å²) < 4.78 is 0. The third-order valence-electron chi connectivity index (χ3n) is 4.88. The summed E-state index contributed by atoms with van der Waals surface area (Å²) in [5, 5.41) is 35.0. The minimum Gasteiger partial charge on any atom is -0.508 e. The number of aromatic hydroxyl groups is 1. The van der Waals surface area contributed by atoms with Gasteiger partial charge in [0.1, 0.15) is 23.9 Å². The maximum absolute atomic E-state index is 12.9. The monoisotopic (exact) mass is 510 g/mol. The molecule has 0 aromatic heterocycles. The van der Waals surface area contributed by atoms with E-state index in [1.54, 1.807) is 0 Å². The topological polar surface area (TPSA) is 277 Å². The first-order chi connectivity index (χ1) is 16.8. The van der Waals surface area contributed by atoms with Gasteiger partial charge in [0.15, 0.2) is 0 Å². The van der Waals surface area contributed by atoms with Crippen LogP contribution in [0.15, 0.2) is 24.3 Å². The van der Waals surface area contributed by atoms with Crippen molar-refractivity contribution in [1.82, 2.24) is 16.0 Å². The lowest BCUT2D eigenvalue weighted by Crippen LogP contribution is -2.58. The summed E-state index contributed by atoms with van der Waals surface area (Å²) in [6.07, 6.45) is -1.31. The number of carbonyl (C=O) groups excluding carboxylic acids is 5. The second-order valence-electron chi connectivity index (χ2n) is 7.86. The van der Waals surface area contributed by atoms with Crippen molar-refractivity contribution in [1.29, 1.82) is 0 Å². The summed E-state index contributed by atoms with van der Waals surface area (Å²) >= 11 is 0. The van der Waals surface area contributed by atoms with Gasteiger partial charge in [0, 0.05) is 12.8 Å². The molecule has 0 heterocycles. The van der Waals surface area contributed by atoms with E-state index >= 15 is 0 Å². The van der Waals surface area contributed by atoms with Crippen LogP contribution in [-0.2, 0) is 35.2 Å². The minimum atomic E-state index is -1.57. The Kier molecular flexibility index (Phi) is 11.8. The van der Waals surface area contributed by atoms with Crippen LogP contribution in [0, 0.1) is 0 Å². The Morgan fingerprint density at radius 1 is 0.806 bits per heavy atom. The lowest BCUT2D eigenvalue weighted by Gasteiger charge is -2.24. The molecule has 0 aliphatic rings. The van der Waals surface area contributed by atoms with E-state index in [0.29, 0.717) is 5.56 Å². The van der Waals surface area contributed by atoms with Gasteiger partial charge in [-0.2, -0.15) is 0 Å². The van der Waals surface area contributed by atoms with Crippen molar-refractivity contribution < 1.29 is 44.1 Å². The summed E-state index contributed by atoms with van der Waals surface area (Å²) in [6.45, 7) is -0.898. The lowest BCUT2D eigenvalue weighted by atomic mass is 10.0. The number of hydrogen-bond donors (Lipinski definition) is 9. The number of nitrogens with two attached hydrogens (primary N) is 3. The van der Waals surface area contributed by atoms with Crippen LogP contribution in [0.4, 0.5) is 0 Å². The Hall–Kier alpha value is -4.24. The first-order valence-corrected chi connectivity index (χ1v) is 10.7. The molecule has 0 aliphatic heterocycles. The first-order valence-electron chi connectivity index (χ1n) is 10.7. The van der Waals surface area contributed by atoms with Gasteiger partial charge in [-0.3, -0.25) is 24.0 Å². The van der Waals surface area contributed by atoms with Crippen LogP contribution in [-0.4, -0.2) is 81.6 Å². The zero-order valence-corrected chi connectivity index (χ0v) is 19.2. The van der Waals surface area contributed by atoms with E-state index in [-0.39, 0.29) is 25.0 Å². The van der Waals surface area contributed by atoms with Crippen LogP contribution in [0.3, 0.4) is 0 Å². The van der Waals surface area contributed by atoms with Gasteiger partial charge in [-0.15, -0.1) is 0 Å². The number of aliphatic carboxylic acids is 1. The fourth-order valence-electron chi connectivity index (χ4n) is 2.95. The third kappa shape index (κ3) is 10.4. The molecule has 0 saturated carbocycles. The molecule has 12 N–H and O–H groups in total. The van der Waals surface area contributed by atoms with Crippen LogP contribution >= 0.6 is 0 Å². The molecule has 15 heteroatoms. The maximum Gasteiger partial charge on any atom is 0.326 e. The number of hydrogen-bond acceptors (Lipinski definition) is 9. The number of phenols is 1. The van der Waals surface area contributed by atoms with Crippen molar-refractivity contribution >= 4 is 35.5 Å². The molecule has 0 bridgehead atoms. The van der Waals surface area contributed by atoms with E-state index in [4.69, 9.17) is 17.2 Å². The minimum absolute atomic E-state index is 0.0588. The summed E-state index contributed by atoms with van der Waals surface area (Å²) in [7, 11) is 0. The SMILES string of the molecule is NC(=O)CCC(NC(=O)C(Cc1ccc(O)cc1)NC(=O)C(CO)NC(=O)C(N)CC(N)=O)C(=O)O. The highest BCUT2D eigenvalue weighted by Crippen LogP contribution is 2.12. The lowest BCUT2D eigenvalue weighted by molar-refractivity contribution is -0.142. The van der Waals surface area contributed by atoms with Crippen LogP contribution in [0.2, 0.25) is 0 Å². The highest BCUT2D eigenvalue weighted by atomic mass is 16.4. The second-order valence-corrected chi connectivity index (χ2v) is 7.86. The Morgan fingerprint density at radius 3 is 1.83 bits per heavy atom. The van der Waals surface area contributed by atoms with Gasteiger partial charge in [-0.05, 0) is 24.1 Å². The van der Waals surface area contributed by atoms with Crippen molar-refractivity contribution in [3.05, 3.63) is 29.8 Å². The molecule has 5 amide bonds. The number of benzene rings is 1. The molecule has 4 atom stereocenters. The number of amides is 5. The Balaban J connectivity index is 3.06. The average Bonchev–Trinajstić information content (AvgIpc) is 2.79. The number of aliphatic hydroxyl groups excluding tert-OH is 1. The fraction of sp³-hybridized carbons (Fsp3) is 0.429. The number of primary amides is 2. The second kappa shape index (κ2) is 14.2. The smallest absolute Gasteiger partial charge is 0.326 e. The predicted molar refractivity (Wildman–Crippen MR) is 123 cm³/mol. The van der Waals surface area contributed by atoms with E-state index in [1.807, 2.05) is 0 Å². The molecule has 1 rings (SSSR count). The quantitative estimate of drug-likeness (QED) is 0.110. The first kappa shape index (κ1) is 29.8. The number of aliphatic hydroxyl groups is 1. The fourth-order valence-corrected chi connectivity index (χ4v) is 2.95. The number of nitrogens with one attached hydrogen (secondary N) is 3. The molecule has 0 aliphatic carbocycles. The van der Waals surface area contributed by atoms with Crippen LogP contribution in [0.5, 0.6) is 5.75 Å². The van der Waals surface area contributed by atoms with Gasteiger partial charge >= 0.3 is 5.97 Å². The molecule has 0 radical (unpaired) electrons. The van der Waals surface area contributed by atoms with E-state index in [1.165, 1.54) is 24.3 Å². The highest BCUT2D eigenvalue weighted by Gasteiger charge is 2.30. The van der Waals surface area contributed by atoms with Crippen LogP contribution in [0.1, 0.15) is 24.8 Å². The molecule has 36 heavy (non-hydrogen) atoms. The van der Waals surface area contributed by atoms with Gasteiger partial charge in [0.2, 0.25) is 29.5 Å². The number of carboxylic acids is 1. The van der Waals surface area contributed by atoms with E-state index < -0.39 is 72.7 Å². The van der Waals surface area contributed by atoms with Gasteiger partial charge in [-0.1, -0.05) is 12.1 Å². The van der Waals surface area contributed by atoms with Crippen molar-refractivity contribution in [3.8, 4) is 5.75 Å². The molecule has 198 valence electrons. The Morgan fingerprint density at radius 2 is 1.33 bits per heavy atom. The zero-order valence-electron chi connectivity index (χ0n) is 19.2. The molecule has 0 saturated heterocycles. The molecular formula is C21H30N6O9. The van der Waals surface area contributed by atoms with Crippen molar-refractivity contribution in [2.45, 2.75) is 49.9 Å². The number of rotatable bonds is 15. The van der Waals surface area contributed by atoms with Crippen LogP contribution in [0.25, 0.3) is 0 Å². The standard InChI is InChI=1S/C21H30N6O9/c22-12(8-17(24)31)18(32)27-15(9-28)20(34)26-14(7-10-1-3-11(29)4-2-10)19(33)25-13(21(35)36)5-6-16(23)30/h1-4,12-15,28-29H,5-9,22H2,(H2,23,30)(H2,24,31)(H,25,33)(H,26,34)(H,27,32)(H,35,36). The maximum atomic E-state index is 12.9. The third-order valence-corrected chi connectivity index (χ3v) is 4.88. The van der Waals surface area contributed by atoms with E-state index in [9.17, 15) is 44.1 Å². The zero-order chi connectivity index (χ0) is 27.4. The Bertz CT molecular complexity index is 969. The van der Waals surface area contributed by atoms with Gasteiger partial charge in [-0.25, -0.2) is 4.79 Å². The summed E-state index contributed by atoms with van der Waals surface area (Å²) in [6, 6.07) is -0.285. The van der Waals surface area contributed by atoms with Crippen molar-refractivity contribution in [2.24, 2.45) is 17.2 Å². The molecule has 15 nitrogen and oxygen atoms in total. The number of phenolic OH excluding ortho intramolecular Hbond substituents is 1. The van der Waals surface area contributed by atoms with Crippen molar-refractivity contribution in [2.75, 3.05) is 6.61 Å². The molecule has 1 aromatic rings. The summed E-state index contributed by atoms with van der Waals surface area (Å²) in [5.74, 6) is -6.06. The summed E-state index contributed by atoms with van der Waals surface area (Å²) in [4.78, 5) is 71.2. The van der Waals surface area contributed by atoms with Gasteiger partial charge in [0.05, 0.1) is 19.1 Å². The van der Waals surface area contributed by atoms with Gasteiger partial charge in [0.25, 0.3) is 0 Å². The molecule has 4 unspecified atom stereocenters. The normalized spacial score (nSPS) is 13.9. The van der Waals surface area contributed by atoms with E-state index in [2.05, 4.69) is 16.0 Å². The van der Waals surface area contributed by atoms with E-state index in [0.717, 1.165) is 0 Å². The van der Waals surface area contributed by atoms with Gasteiger partial charge < -0.3 is 48.5 Å². The summed E-state index contributed by atoms with van der Waals surface area (Å²) in [5.41, 5.74) is 16.0. The number of carbonyl (C=O) groups is 6. The van der Waals surface area contributed by atoms with Crippen LogP contribution < -0.4 is 33.2 Å². The van der Waals surface area contributed by atoms with Crippen molar-refractivity contribution in [3.63, 3.8) is 0 Å². The molecular weight excluding hydrogens is 480 g/mol.